The fraction of sp³-hybridized carbons (Fsp3) is 0.400. The van der Waals surface area contributed by atoms with Crippen molar-refractivity contribution in [2.24, 2.45) is 11.5 Å². The Morgan fingerprint density at radius 1 is 1.20 bits per heavy atom. The van der Waals surface area contributed by atoms with E-state index in [-0.39, 0.29) is 24.6 Å². The van der Waals surface area contributed by atoms with Gasteiger partial charge in [-0.3, -0.25) is 9.59 Å². The quantitative estimate of drug-likeness (QED) is 0.279. The van der Waals surface area contributed by atoms with Gasteiger partial charge in [-0.2, -0.15) is 0 Å². The lowest BCUT2D eigenvalue weighted by Crippen LogP contribution is -2.12. The lowest BCUT2D eigenvalue weighted by molar-refractivity contribution is -0.139. The number of ether oxygens (including phenoxy) is 1. The second-order valence-corrected chi connectivity index (χ2v) is 2.95. The molecule has 84 valence electrons. The van der Waals surface area contributed by atoms with Gasteiger partial charge in [-0.15, -0.1) is 0 Å². The molecule has 0 rings (SSSR count). The predicted octanol–water partition coefficient (Wildman–Crippen LogP) is 0.561. The summed E-state index contributed by atoms with van der Waals surface area (Å²) in [5.74, 6) is -0.769. The Kier molecular flexibility index (Phi) is 6.70. The molecule has 15 heavy (non-hydrogen) atoms. The zero-order valence-corrected chi connectivity index (χ0v) is 8.57. The molecule has 5 nitrogen and oxygen atoms in total. The number of nitrogens with two attached hydrogens (primary N) is 2. The highest BCUT2D eigenvalue weighted by atomic mass is 16.5. The van der Waals surface area contributed by atoms with Gasteiger partial charge in [0.15, 0.2) is 5.88 Å². The Morgan fingerprint density at radius 3 is 2.33 bits per heavy atom. The van der Waals surface area contributed by atoms with Crippen molar-refractivity contribution < 1.29 is 14.3 Å². The van der Waals surface area contributed by atoms with E-state index in [0.29, 0.717) is 12.8 Å². The lowest BCUT2D eigenvalue weighted by atomic mass is 10.2. The highest BCUT2D eigenvalue weighted by molar-refractivity contribution is 5.74. The highest BCUT2D eigenvalue weighted by Crippen LogP contribution is 2.02. The van der Waals surface area contributed by atoms with E-state index in [9.17, 15) is 9.59 Å². The summed E-state index contributed by atoms with van der Waals surface area (Å²) in [4.78, 5) is 21.5. The third-order valence-corrected chi connectivity index (χ3v) is 1.57. The third kappa shape index (κ3) is 8.55. The Hall–Kier alpha value is -1.78. The maximum Gasteiger partial charge on any atom is 0.312 e. The van der Waals surface area contributed by atoms with Crippen LogP contribution in [0.4, 0.5) is 0 Å². The molecule has 0 spiro atoms. The molecule has 0 aromatic carbocycles. The van der Waals surface area contributed by atoms with Gasteiger partial charge in [-0.1, -0.05) is 12.7 Å². The second kappa shape index (κ2) is 7.61. The first-order valence-electron chi connectivity index (χ1n) is 4.63. The number of amides is 1. The van der Waals surface area contributed by atoms with Crippen LogP contribution in [-0.2, 0) is 14.3 Å². The number of esters is 1. The zero-order valence-electron chi connectivity index (χ0n) is 8.57. The van der Waals surface area contributed by atoms with Crippen LogP contribution >= 0.6 is 0 Å². The first-order chi connectivity index (χ1) is 7.06. The summed E-state index contributed by atoms with van der Waals surface area (Å²) in [5.41, 5.74) is 10.2. The van der Waals surface area contributed by atoms with Crippen molar-refractivity contribution in [2.45, 2.75) is 25.7 Å². The number of allylic oxidation sites excluding steroid dienone is 2. The maximum atomic E-state index is 11.1. The van der Waals surface area contributed by atoms with Gasteiger partial charge in [-0.25, -0.2) is 0 Å². The number of unbranched alkanes of at least 4 members (excludes halogenated alkanes) is 1. The number of carbonyl (C=O) groups is 2. The molecular weight excluding hydrogens is 196 g/mol. The molecule has 0 radical (unpaired) electrons. The number of primary amides is 1. The molecule has 0 unspecified atom stereocenters. The molecule has 0 fully saturated rings. The van der Waals surface area contributed by atoms with Crippen molar-refractivity contribution >= 4 is 11.9 Å². The van der Waals surface area contributed by atoms with Gasteiger partial charge < -0.3 is 16.2 Å². The van der Waals surface area contributed by atoms with E-state index in [0.717, 1.165) is 0 Å². The molecular formula is C10H16N2O3. The van der Waals surface area contributed by atoms with Crippen LogP contribution in [0.25, 0.3) is 0 Å². The molecule has 5 heteroatoms. The summed E-state index contributed by atoms with van der Waals surface area (Å²) in [5, 5.41) is 0. The van der Waals surface area contributed by atoms with Gasteiger partial charge in [0, 0.05) is 12.8 Å². The summed E-state index contributed by atoms with van der Waals surface area (Å²) < 4.78 is 4.71. The van der Waals surface area contributed by atoms with Gasteiger partial charge >= 0.3 is 5.97 Å². The van der Waals surface area contributed by atoms with E-state index in [1.165, 1.54) is 12.2 Å². The number of carbonyl (C=O) groups excluding carboxylic acids is 2. The molecule has 0 saturated carbocycles. The molecule has 0 aliphatic rings. The van der Waals surface area contributed by atoms with Crippen LogP contribution in [0.3, 0.4) is 0 Å². The van der Waals surface area contributed by atoms with Crippen molar-refractivity contribution in [1.29, 1.82) is 0 Å². The monoisotopic (exact) mass is 212 g/mol. The average molecular weight is 212 g/mol. The average Bonchev–Trinajstić information content (AvgIpc) is 2.12. The zero-order chi connectivity index (χ0) is 11.7. The van der Waals surface area contributed by atoms with Crippen LogP contribution in [0, 0.1) is 0 Å². The topological polar surface area (TPSA) is 95.4 Å². The van der Waals surface area contributed by atoms with Crippen LogP contribution in [0.5, 0.6) is 0 Å². The minimum absolute atomic E-state index is 0.0184. The normalized spacial score (nSPS) is 10.8. The molecule has 0 aliphatic carbocycles. The second-order valence-electron chi connectivity index (χ2n) is 2.95. The van der Waals surface area contributed by atoms with Gasteiger partial charge in [0.25, 0.3) is 0 Å². The van der Waals surface area contributed by atoms with E-state index in [4.69, 9.17) is 16.2 Å². The van der Waals surface area contributed by atoms with E-state index in [2.05, 4.69) is 6.58 Å². The first-order valence-corrected chi connectivity index (χ1v) is 4.63. The smallest absolute Gasteiger partial charge is 0.312 e. The molecule has 0 heterocycles. The minimum Gasteiger partial charge on any atom is -0.410 e. The van der Waals surface area contributed by atoms with Crippen LogP contribution in [-0.4, -0.2) is 11.9 Å². The molecule has 0 aliphatic heterocycles. The van der Waals surface area contributed by atoms with Crippen molar-refractivity contribution in [3.05, 3.63) is 24.6 Å². The van der Waals surface area contributed by atoms with Crippen LogP contribution in [0.15, 0.2) is 24.6 Å². The molecule has 0 saturated heterocycles. The maximum absolute atomic E-state index is 11.1. The number of rotatable bonds is 7. The third-order valence-electron chi connectivity index (χ3n) is 1.57. The summed E-state index contributed by atoms with van der Waals surface area (Å²) in [6.45, 7) is 3.40. The Bertz CT molecular complexity index is 272. The minimum atomic E-state index is -0.421. The molecule has 1 amide bonds. The van der Waals surface area contributed by atoms with E-state index in [1.54, 1.807) is 0 Å². The SMILES string of the molecule is C=CC=C(N)OC(=O)CCCCC(N)=O. The number of hydrogen-bond acceptors (Lipinski definition) is 4. The standard InChI is InChI=1S/C10H16N2O3/c1-2-5-9(12)15-10(14)7-4-3-6-8(11)13/h2,5H,1,3-4,6-7,12H2,(H2,11,13). The first kappa shape index (κ1) is 13.2. The van der Waals surface area contributed by atoms with Crippen molar-refractivity contribution in [3.63, 3.8) is 0 Å². The largest absolute Gasteiger partial charge is 0.410 e. The summed E-state index contributed by atoms with van der Waals surface area (Å²) in [6.07, 6.45) is 4.46. The fourth-order valence-electron chi connectivity index (χ4n) is 0.901. The van der Waals surface area contributed by atoms with Crippen LogP contribution in [0.2, 0.25) is 0 Å². The lowest BCUT2D eigenvalue weighted by Gasteiger charge is -2.02. The van der Waals surface area contributed by atoms with Crippen molar-refractivity contribution in [3.8, 4) is 0 Å². The van der Waals surface area contributed by atoms with E-state index in [1.807, 2.05) is 0 Å². The number of hydrogen-bond donors (Lipinski definition) is 2. The molecule has 0 aromatic rings. The van der Waals surface area contributed by atoms with Crippen molar-refractivity contribution in [2.75, 3.05) is 0 Å². The van der Waals surface area contributed by atoms with Gasteiger partial charge in [0.05, 0.1) is 0 Å². The fourth-order valence-corrected chi connectivity index (χ4v) is 0.901. The van der Waals surface area contributed by atoms with E-state index >= 15 is 0 Å². The Morgan fingerprint density at radius 2 is 1.80 bits per heavy atom. The molecule has 0 aromatic heterocycles. The summed E-state index contributed by atoms with van der Waals surface area (Å²) in [6, 6.07) is 0. The van der Waals surface area contributed by atoms with Crippen LogP contribution in [0.1, 0.15) is 25.7 Å². The summed E-state index contributed by atoms with van der Waals surface area (Å²) >= 11 is 0. The van der Waals surface area contributed by atoms with Gasteiger partial charge in [0.2, 0.25) is 5.91 Å². The molecule has 4 N–H and O–H groups in total. The van der Waals surface area contributed by atoms with E-state index < -0.39 is 5.97 Å². The molecule has 0 atom stereocenters. The van der Waals surface area contributed by atoms with Crippen molar-refractivity contribution in [1.82, 2.24) is 0 Å². The predicted molar refractivity (Wildman–Crippen MR) is 56.2 cm³/mol. The van der Waals surface area contributed by atoms with Crippen LogP contribution < -0.4 is 11.5 Å². The Labute approximate surface area is 88.8 Å². The Balaban J connectivity index is 3.62. The van der Waals surface area contributed by atoms with Gasteiger partial charge in [-0.05, 0) is 18.9 Å². The molecule has 0 bridgehead atoms. The van der Waals surface area contributed by atoms with Gasteiger partial charge in [0.1, 0.15) is 0 Å². The summed E-state index contributed by atoms with van der Waals surface area (Å²) in [7, 11) is 0. The highest BCUT2D eigenvalue weighted by Gasteiger charge is 2.04.